The number of piperazine rings is 1. The van der Waals surface area contributed by atoms with Crippen LogP contribution in [0.25, 0.3) is 0 Å². The number of esters is 1. The van der Waals surface area contributed by atoms with Crippen molar-refractivity contribution in [1.82, 2.24) is 19.7 Å². The van der Waals surface area contributed by atoms with Crippen LogP contribution in [0, 0.1) is 11.3 Å². The summed E-state index contributed by atoms with van der Waals surface area (Å²) in [6.45, 7) is 5.60. The van der Waals surface area contributed by atoms with Gasteiger partial charge in [0.15, 0.2) is 0 Å². The van der Waals surface area contributed by atoms with Crippen molar-refractivity contribution >= 4 is 17.6 Å². The average Bonchev–Trinajstić information content (AvgIpc) is 3.34. The molecule has 42 heavy (non-hydrogen) atoms. The molecule has 2 aromatic carbocycles. The molecule has 5 rings (SSSR count). The van der Waals surface area contributed by atoms with Gasteiger partial charge >= 0.3 is 17.8 Å². The molecule has 1 saturated heterocycles. The molecule has 3 aromatic rings. The maximum Gasteiger partial charge on any atom is 0.416 e. The molecular weight excluding hydrogens is 551 g/mol. The third-order valence-electron chi connectivity index (χ3n) is 8.14. The summed E-state index contributed by atoms with van der Waals surface area (Å²) in [6.07, 6.45) is -4.61. The molecule has 0 spiro atoms. The van der Waals surface area contributed by atoms with Crippen molar-refractivity contribution in [3.8, 4) is 6.07 Å². The van der Waals surface area contributed by atoms with Gasteiger partial charge in [0, 0.05) is 30.0 Å². The number of fused-ring (bicyclic) bond motifs is 1. The number of nitriles is 1. The second-order valence-electron chi connectivity index (χ2n) is 11.0. The zero-order chi connectivity index (χ0) is 30.4. The summed E-state index contributed by atoms with van der Waals surface area (Å²) < 4.78 is 48.0. The Morgan fingerprint density at radius 1 is 1.21 bits per heavy atom. The van der Waals surface area contributed by atoms with Crippen LogP contribution in [0.15, 0.2) is 58.5 Å². The van der Waals surface area contributed by atoms with Gasteiger partial charge in [-0.05, 0) is 49.9 Å². The number of alkyl halides is 3. The molecule has 1 aromatic heterocycles. The number of quaternary nitrogens is 1. The summed E-state index contributed by atoms with van der Waals surface area (Å²) in [5, 5.41) is 16.3. The molecule has 10 nitrogen and oxygen atoms in total. The molecule has 0 aliphatic carbocycles. The molecule has 1 atom stereocenters. The zero-order valence-electron chi connectivity index (χ0n) is 23.7. The van der Waals surface area contributed by atoms with Crippen molar-refractivity contribution in [3.63, 3.8) is 0 Å². The number of benzene rings is 2. The van der Waals surface area contributed by atoms with Crippen LogP contribution in [0.5, 0.6) is 0 Å². The Balaban J connectivity index is 1.73. The Kier molecular flexibility index (Phi) is 7.46. The van der Waals surface area contributed by atoms with Gasteiger partial charge in [0.05, 0.1) is 50.0 Å². The number of likely N-dealkylation sites (N-methyl/N-ethyl adjacent to an activating group) is 2. The molecule has 0 bridgehead atoms. The summed E-state index contributed by atoms with van der Waals surface area (Å²) in [6, 6.07) is 10.9. The van der Waals surface area contributed by atoms with Gasteiger partial charge in [0.2, 0.25) is 5.95 Å². The molecule has 1 fully saturated rings. The highest BCUT2D eigenvalue weighted by atomic mass is 19.4. The van der Waals surface area contributed by atoms with Crippen molar-refractivity contribution in [2.45, 2.75) is 25.7 Å². The number of hydrogen-bond donors (Lipinski definition) is 1. The van der Waals surface area contributed by atoms with Crippen LogP contribution < -0.4 is 10.6 Å². The number of anilines is 2. The first-order valence-electron chi connectivity index (χ1n) is 13.4. The van der Waals surface area contributed by atoms with E-state index >= 15 is 0 Å². The summed E-state index contributed by atoms with van der Waals surface area (Å²) in [7, 11) is 5.40. The Morgan fingerprint density at radius 2 is 1.93 bits per heavy atom. The number of H-pyrrole nitrogens is 1. The number of ether oxygens (including phenoxy) is 1. The Bertz CT molecular complexity index is 1660. The first kappa shape index (κ1) is 29.1. The molecular formula is C29H31F3N7O3+. The van der Waals surface area contributed by atoms with E-state index < -0.39 is 29.4 Å². The molecule has 0 radical (unpaired) electrons. The minimum Gasteiger partial charge on any atom is -0.466 e. The highest BCUT2D eigenvalue weighted by Gasteiger charge is 2.42. The lowest BCUT2D eigenvalue weighted by molar-refractivity contribution is -0.926. The zero-order valence-corrected chi connectivity index (χ0v) is 23.7. The fourth-order valence-corrected chi connectivity index (χ4v) is 5.77. The molecule has 2 aliphatic heterocycles. The van der Waals surface area contributed by atoms with E-state index in [1.54, 1.807) is 25.1 Å². The Morgan fingerprint density at radius 3 is 2.57 bits per heavy atom. The molecule has 0 amide bonds. The van der Waals surface area contributed by atoms with Crippen molar-refractivity contribution in [3.05, 3.63) is 86.5 Å². The van der Waals surface area contributed by atoms with E-state index in [0.717, 1.165) is 43.9 Å². The van der Waals surface area contributed by atoms with Crippen LogP contribution in [0.3, 0.4) is 0 Å². The van der Waals surface area contributed by atoms with E-state index in [-0.39, 0.29) is 22.9 Å². The van der Waals surface area contributed by atoms with E-state index in [9.17, 15) is 28.0 Å². The number of allylic oxidation sites excluding steroid dienone is 1. The van der Waals surface area contributed by atoms with Crippen molar-refractivity contribution in [2.24, 2.45) is 0 Å². The molecule has 1 N–H and O–H groups in total. The number of hydrogen-bond acceptors (Lipinski definition) is 7. The lowest BCUT2D eigenvalue weighted by Crippen LogP contribution is -2.55. The fourth-order valence-electron chi connectivity index (χ4n) is 5.77. The second-order valence-corrected chi connectivity index (χ2v) is 11.0. The predicted octanol–water partition coefficient (Wildman–Crippen LogP) is 3.54. The van der Waals surface area contributed by atoms with Crippen LogP contribution in [-0.4, -0.2) is 77.5 Å². The van der Waals surface area contributed by atoms with Gasteiger partial charge < -0.3 is 9.22 Å². The first-order chi connectivity index (χ1) is 19.9. The SMILES string of the molecule is COC(=O)C1=C(C)N(c2cccc(C(F)(F)F)c2)c2n[nH]c(=O)n2C1c1ccc(C#N)cc1C[N+]1(C)CCN(C)CC1. The van der Waals surface area contributed by atoms with Gasteiger partial charge in [-0.25, -0.2) is 19.3 Å². The number of rotatable bonds is 5. The van der Waals surface area contributed by atoms with Crippen LogP contribution in [0.1, 0.15) is 35.2 Å². The van der Waals surface area contributed by atoms with Gasteiger partial charge in [0.25, 0.3) is 0 Å². The number of methoxy groups -OCH3 is 1. The number of nitrogens with one attached hydrogen (secondary N) is 1. The van der Waals surface area contributed by atoms with E-state index in [0.29, 0.717) is 22.2 Å². The van der Waals surface area contributed by atoms with Gasteiger partial charge in [-0.15, -0.1) is 5.10 Å². The number of aromatic amines is 1. The standard InChI is InChI=1S/C29H30F3N7O3/c1-18-24(26(40)42-4)25(23-9-8-19(16-33)14-20(23)17-39(3)12-10-36(2)11-13-39)38-27(34-35-28(38)41)37(18)22-7-5-6-21(15-22)29(30,31)32/h5-9,14-15,25H,10-13,17H2,1-4H3/p+1. The monoisotopic (exact) mass is 582 g/mol. The minimum absolute atomic E-state index is 0.0183. The number of carbonyl (C=O) groups is 1. The van der Waals surface area contributed by atoms with E-state index in [1.807, 2.05) is 0 Å². The van der Waals surface area contributed by atoms with Crippen molar-refractivity contribution < 1.29 is 27.2 Å². The molecule has 2 aliphatic rings. The maximum atomic E-state index is 13.6. The molecule has 13 heteroatoms. The molecule has 0 saturated carbocycles. The second kappa shape index (κ2) is 10.8. The average molecular weight is 583 g/mol. The fraction of sp³-hybridized carbons (Fsp3) is 0.379. The lowest BCUT2D eigenvalue weighted by atomic mass is 9.89. The predicted molar refractivity (Wildman–Crippen MR) is 148 cm³/mol. The van der Waals surface area contributed by atoms with E-state index in [2.05, 4.69) is 35.3 Å². The third kappa shape index (κ3) is 5.19. The largest absolute Gasteiger partial charge is 0.466 e. The van der Waals surface area contributed by atoms with Crippen molar-refractivity contribution in [1.29, 1.82) is 5.26 Å². The first-order valence-corrected chi connectivity index (χ1v) is 13.4. The van der Waals surface area contributed by atoms with Gasteiger partial charge in [-0.3, -0.25) is 9.80 Å². The Hall–Kier alpha value is -4.41. The summed E-state index contributed by atoms with van der Waals surface area (Å²) in [5.74, 6) is -0.728. The number of carbonyl (C=O) groups excluding carboxylic acids is 1. The summed E-state index contributed by atoms with van der Waals surface area (Å²) >= 11 is 0. The smallest absolute Gasteiger partial charge is 0.416 e. The van der Waals surface area contributed by atoms with E-state index in [4.69, 9.17) is 4.74 Å². The number of aromatic nitrogens is 3. The maximum absolute atomic E-state index is 13.6. The normalized spacial score (nSPS) is 18.9. The van der Waals surface area contributed by atoms with Crippen LogP contribution in [0.2, 0.25) is 0 Å². The highest BCUT2D eigenvalue weighted by molar-refractivity contribution is 5.93. The topological polar surface area (TPSA) is 107 Å². The van der Waals surface area contributed by atoms with E-state index in [1.165, 1.54) is 28.7 Å². The van der Waals surface area contributed by atoms with Gasteiger partial charge in [-0.2, -0.15) is 18.4 Å². The van der Waals surface area contributed by atoms with Crippen molar-refractivity contribution in [2.75, 3.05) is 52.3 Å². The minimum atomic E-state index is -4.61. The van der Waals surface area contributed by atoms with Crippen LogP contribution >= 0.6 is 0 Å². The molecule has 1 unspecified atom stereocenters. The highest BCUT2D eigenvalue weighted by Crippen LogP contribution is 2.44. The third-order valence-corrected chi connectivity index (χ3v) is 8.14. The number of halogens is 3. The van der Waals surface area contributed by atoms with Crippen LogP contribution in [0.4, 0.5) is 24.8 Å². The Labute approximate surface area is 240 Å². The number of nitrogens with zero attached hydrogens (tertiary/aromatic N) is 6. The lowest BCUT2D eigenvalue weighted by Gasteiger charge is -2.42. The van der Waals surface area contributed by atoms with Crippen LogP contribution in [-0.2, 0) is 22.3 Å². The molecule has 3 heterocycles. The quantitative estimate of drug-likeness (QED) is 0.362. The van der Waals surface area contributed by atoms with Gasteiger partial charge in [0.1, 0.15) is 12.6 Å². The van der Waals surface area contributed by atoms with Gasteiger partial charge in [-0.1, -0.05) is 12.1 Å². The summed E-state index contributed by atoms with van der Waals surface area (Å²) in [5.41, 5.74) is 0.640. The molecule has 220 valence electrons. The summed E-state index contributed by atoms with van der Waals surface area (Å²) in [4.78, 5) is 30.4.